The maximum absolute atomic E-state index is 13.1. The lowest BCUT2D eigenvalue weighted by Crippen LogP contribution is -2.39. The van der Waals surface area contributed by atoms with E-state index in [0.29, 0.717) is 30.2 Å². The molecule has 146 valence electrons. The molecule has 0 bridgehead atoms. The molecule has 1 aliphatic rings. The molecule has 7 heteroatoms. The molecule has 3 aromatic rings. The van der Waals surface area contributed by atoms with Gasteiger partial charge in [-0.1, -0.05) is 6.07 Å². The van der Waals surface area contributed by atoms with E-state index in [1.807, 2.05) is 40.6 Å². The van der Waals surface area contributed by atoms with Gasteiger partial charge in [-0.3, -0.25) is 9.20 Å². The molecule has 0 aliphatic carbocycles. The van der Waals surface area contributed by atoms with E-state index in [-0.39, 0.29) is 11.8 Å². The molecule has 1 amide bonds. The van der Waals surface area contributed by atoms with Gasteiger partial charge in [0, 0.05) is 30.8 Å². The van der Waals surface area contributed by atoms with Gasteiger partial charge in [0.15, 0.2) is 17.1 Å². The van der Waals surface area contributed by atoms with Crippen molar-refractivity contribution in [1.29, 1.82) is 0 Å². The summed E-state index contributed by atoms with van der Waals surface area (Å²) in [5, 5.41) is 8.63. The fourth-order valence-corrected chi connectivity index (χ4v) is 3.77. The van der Waals surface area contributed by atoms with Crippen LogP contribution in [0, 0.1) is 0 Å². The number of nitrogens with zero attached hydrogens (tertiary/aromatic N) is 4. The van der Waals surface area contributed by atoms with Gasteiger partial charge in [-0.15, -0.1) is 10.2 Å². The van der Waals surface area contributed by atoms with Gasteiger partial charge in [0.2, 0.25) is 0 Å². The zero-order chi connectivity index (χ0) is 19.5. The molecule has 0 saturated carbocycles. The van der Waals surface area contributed by atoms with Crippen molar-refractivity contribution in [2.75, 3.05) is 26.8 Å². The summed E-state index contributed by atoms with van der Waals surface area (Å²) in [4.78, 5) is 15.0. The van der Waals surface area contributed by atoms with E-state index >= 15 is 0 Å². The molecule has 1 aromatic carbocycles. The van der Waals surface area contributed by atoms with E-state index in [1.165, 1.54) is 0 Å². The van der Waals surface area contributed by atoms with E-state index in [2.05, 4.69) is 10.2 Å². The minimum atomic E-state index is -0.000121. The third-order valence-corrected chi connectivity index (χ3v) is 5.12. The third-order valence-electron chi connectivity index (χ3n) is 5.12. The Morgan fingerprint density at radius 2 is 2.11 bits per heavy atom. The summed E-state index contributed by atoms with van der Waals surface area (Å²) in [6.07, 6.45) is 3.90. The Labute approximate surface area is 163 Å². The molecule has 3 heterocycles. The van der Waals surface area contributed by atoms with Gasteiger partial charge in [0.25, 0.3) is 5.91 Å². The second-order valence-corrected chi connectivity index (χ2v) is 6.88. The third kappa shape index (κ3) is 3.40. The number of fused-ring (bicyclic) bond motifs is 1. The molecular weight excluding hydrogens is 356 g/mol. The van der Waals surface area contributed by atoms with Crippen LogP contribution in [0.2, 0.25) is 0 Å². The van der Waals surface area contributed by atoms with Crippen molar-refractivity contribution in [1.82, 2.24) is 19.5 Å². The molecule has 1 unspecified atom stereocenters. The van der Waals surface area contributed by atoms with Crippen LogP contribution >= 0.6 is 0 Å². The number of hydrogen-bond donors (Lipinski definition) is 0. The number of pyridine rings is 1. The lowest BCUT2D eigenvalue weighted by molar-refractivity contribution is 0.0703. The largest absolute Gasteiger partial charge is 0.493 e. The molecular formula is C21H24N4O3. The molecule has 0 N–H and O–H groups in total. The highest BCUT2D eigenvalue weighted by molar-refractivity contribution is 5.95. The van der Waals surface area contributed by atoms with Gasteiger partial charge in [0.05, 0.1) is 13.7 Å². The van der Waals surface area contributed by atoms with Crippen LogP contribution < -0.4 is 9.47 Å². The maximum atomic E-state index is 13.1. The normalized spacial score (nSPS) is 16.9. The zero-order valence-electron chi connectivity index (χ0n) is 16.2. The van der Waals surface area contributed by atoms with Crippen LogP contribution in [0.25, 0.3) is 5.65 Å². The van der Waals surface area contributed by atoms with Crippen molar-refractivity contribution < 1.29 is 14.3 Å². The van der Waals surface area contributed by atoms with Crippen molar-refractivity contribution in [3.05, 3.63) is 54.0 Å². The Morgan fingerprint density at radius 3 is 2.93 bits per heavy atom. The zero-order valence-corrected chi connectivity index (χ0v) is 16.2. The number of carbonyl (C=O) groups is 1. The Balaban J connectivity index is 1.55. The van der Waals surface area contributed by atoms with Crippen LogP contribution in [-0.2, 0) is 0 Å². The molecule has 4 rings (SSSR count). The standard InChI is InChI=1S/C21H24N4O3/c1-3-28-17-10-9-15(13-18(17)27-2)21(26)24-11-6-7-16(14-24)20-23-22-19-8-4-5-12-25(19)20/h4-5,8-10,12-13,16H,3,6-7,11,14H2,1-2H3. The Kier molecular flexibility index (Phi) is 5.14. The molecule has 0 spiro atoms. The molecule has 1 fully saturated rings. The number of rotatable bonds is 5. The number of piperidine rings is 1. The predicted molar refractivity (Wildman–Crippen MR) is 105 cm³/mol. The van der Waals surface area contributed by atoms with Gasteiger partial charge in [0.1, 0.15) is 5.82 Å². The van der Waals surface area contributed by atoms with Crippen LogP contribution in [0.15, 0.2) is 42.6 Å². The van der Waals surface area contributed by atoms with Crippen LogP contribution in [0.1, 0.15) is 41.9 Å². The fraction of sp³-hybridized carbons (Fsp3) is 0.381. The van der Waals surface area contributed by atoms with Crippen molar-refractivity contribution in [3.63, 3.8) is 0 Å². The monoisotopic (exact) mass is 380 g/mol. The number of aromatic nitrogens is 3. The minimum absolute atomic E-state index is 0.000121. The van der Waals surface area contributed by atoms with Crippen molar-refractivity contribution in [2.24, 2.45) is 0 Å². The van der Waals surface area contributed by atoms with Gasteiger partial charge in [-0.05, 0) is 50.1 Å². The van der Waals surface area contributed by atoms with E-state index in [4.69, 9.17) is 9.47 Å². The highest BCUT2D eigenvalue weighted by Gasteiger charge is 2.28. The Morgan fingerprint density at radius 1 is 1.21 bits per heavy atom. The van der Waals surface area contributed by atoms with Crippen LogP contribution in [-0.4, -0.2) is 52.2 Å². The number of methoxy groups -OCH3 is 1. The molecule has 0 radical (unpaired) electrons. The van der Waals surface area contributed by atoms with Crippen LogP contribution in [0.5, 0.6) is 11.5 Å². The summed E-state index contributed by atoms with van der Waals surface area (Å²) in [5.74, 6) is 2.30. The lowest BCUT2D eigenvalue weighted by atomic mass is 9.96. The number of likely N-dealkylation sites (tertiary alicyclic amines) is 1. The first-order valence-corrected chi connectivity index (χ1v) is 9.61. The van der Waals surface area contributed by atoms with Crippen molar-refractivity contribution in [3.8, 4) is 11.5 Å². The smallest absolute Gasteiger partial charge is 0.254 e. The number of hydrogen-bond acceptors (Lipinski definition) is 5. The number of ether oxygens (including phenoxy) is 2. The number of amides is 1. The summed E-state index contributed by atoms with van der Waals surface area (Å²) in [6.45, 7) is 3.83. The maximum Gasteiger partial charge on any atom is 0.254 e. The van der Waals surface area contributed by atoms with E-state index < -0.39 is 0 Å². The first-order chi connectivity index (χ1) is 13.7. The number of benzene rings is 1. The molecule has 2 aromatic heterocycles. The highest BCUT2D eigenvalue weighted by Crippen LogP contribution is 2.31. The van der Waals surface area contributed by atoms with E-state index in [1.54, 1.807) is 25.3 Å². The SMILES string of the molecule is CCOc1ccc(C(=O)N2CCCC(c3nnc4ccccn34)C2)cc1OC. The first kappa shape index (κ1) is 18.3. The molecule has 28 heavy (non-hydrogen) atoms. The Bertz CT molecular complexity index is 985. The van der Waals surface area contributed by atoms with Crippen LogP contribution in [0.3, 0.4) is 0 Å². The summed E-state index contributed by atoms with van der Waals surface area (Å²) < 4.78 is 12.9. The molecule has 1 aliphatic heterocycles. The lowest BCUT2D eigenvalue weighted by Gasteiger charge is -2.32. The first-order valence-electron chi connectivity index (χ1n) is 9.61. The quantitative estimate of drug-likeness (QED) is 0.680. The molecule has 1 saturated heterocycles. The average molecular weight is 380 g/mol. The molecule has 1 atom stereocenters. The summed E-state index contributed by atoms with van der Waals surface area (Å²) in [6, 6.07) is 11.2. The number of carbonyl (C=O) groups excluding carboxylic acids is 1. The summed E-state index contributed by atoms with van der Waals surface area (Å²) in [7, 11) is 1.58. The topological polar surface area (TPSA) is 69.0 Å². The highest BCUT2D eigenvalue weighted by atomic mass is 16.5. The summed E-state index contributed by atoms with van der Waals surface area (Å²) >= 11 is 0. The van der Waals surface area contributed by atoms with Gasteiger partial charge < -0.3 is 14.4 Å². The van der Waals surface area contributed by atoms with E-state index in [9.17, 15) is 4.79 Å². The van der Waals surface area contributed by atoms with Gasteiger partial charge >= 0.3 is 0 Å². The van der Waals surface area contributed by atoms with Gasteiger partial charge in [-0.2, -0.15) is 0 Å². The second-order valence-electron chi connectivity index (χ2n) is 6.88. The molecule has 7 nitrogen and oxygen atoms in total. The van der Waals surface area contributed by atoms with Crippen molar-refractivity contribution >= 4 is 11.6 Å². The minimum Gasteiger partial charge on any atom is -0.493 e. The second kappa shape index (κ2) is 7.88. The average Bonchev–Trinajstić information content (AvgIpc) is 3.18. The predicted octanol–water partition coefficient (Wildman–Crippen LogP) is 3.16. The van der Waals surface area contributed by atoms with Gasteiger partial charge in [-0.25, -0.2) is 0 Å². The fourth-order valence-electron chi connectivity index (χ4n) is 3.77. The van der Waals surface area contributed by atoms with Crippen molar-refractivity contribution in [2.45, 2.75) is 25.7 Å². The van der Waals surface area contributed by atoms with Crippen LogP contribution in [0.4, 0.5) is 0 Å². The van der Waals surface area contributed by atoms with E-state index in [0.717, 1.165) is 30.9 Å². The Hall–Kier alpha value is -3.09. The summed E-state index contributed by atoms with van der Waals surface area (Å²) in [5.41, 5.74) is 1.43.